The summed E-state index contributed by atoms with van der Waals surface area (Å²) in [6.45, 7) is 0. The van der Waals surface area contributed by atoms with Gasteiger partial charge in [-0.2, -0.15) is 0 Å². The SMILES string of the molecule is O=C(C=Cc1ccc(Cl)cc1)NC(=S)Nc1nc2ccc(Cl)cc2s1. The third kappa shape index (κ3) is 4.99. The Balaban J connectivity index is 1.59. The van der Waals surface area contributed by atoms with Gasteiger partial charge in [0.15, 0.2) is 10.2 Å². The fourth-order valence-corrected chi connectivity index (χ4v) is 3.51. The fourth-order valence-electron chi connectivity index (χ4n) is 1.98. The van der Waals surface area contributed by atoms with Crippen LogP contribution in [0.15, 0.2) is 48.5 Å². The van der Waals surface area contributed by atoms with Gasteiger partial charge < -0.3 is 5.32 Å². The number of anilines is 1. The summed E-state index contributed by atoms with van der Waals surface area (Å²) in [6, 6.07) is 12.6. The Morgan fingerprint density at radius 1 is 1.12 bits per heavy atom. The maximum Gasteiger partial charge on any atom is 0.250 e. The number of rotatable bonds is 3. The third-order valence-electron chi connectivity index (χ3n) is 3.10. The van der Waals surface area contributed by atoms with E-state index in [4.69, 9.17) is 35.4 Å². The molecule has 0 saturated carbocycles. The lowest BCUT2D eigenvalue weighted by molar-refractivity contribution is -0.115. The van der Waals surface area contributed by atoms with Gasteiger partial charge in [-0.25, -0.2) is 4.98 Å². The van der Waals surface area contributed by atoms with Crippen molar-refractivity contribution in [2.24, 2.45) is 0 Å². The molecule has 3 aromatic rings. The minimum absolute atomic E-state index is 0.177. The zero-order chi connectivity index (χ0) is 17.8. The average molecular weight is 408 g/mol. The van der Waals surface area contributed by atoms with E-state index in [1.165, 1.54) is 17.4 Å². The quantitative estimate of drug-likeness (QED) is 0.466. The van der Waals surface area contributed by atoms with Gasteiger partial charge in [0.05, 0.1) is 10.2 Å². The summed E-state index contributed by atoms with van der Waals surface area (Å²) in [4.78, 5) is 16.3. The topological polar surface area (TPSA) is 54.0 Å². The van der Waals surface area contributed by atoms with Crippen molar-refractivity contribution >= 4 is 79.2 Å². The molecule has 0 bridgehead atoms. The number of thiocarbonyl (C=S) groups is 1. The molecule has 0 spiro atoms. The predicted molar refractivity (Wildman–Crippen MR) is 109 cm³/mol. The van der Waals surface area contributed by atoms with E-state index in [1.54, 1.807) is 24.3 Å². The second kappa shape index (κ2) is 7.93. The van der Waals surface area contributed by atoms with Crippen molar-refractivity contribution < 1.29 is 4.79 Å². The zero-order valence-corrected chi connectivity index (χ0v) is 15.8. The minimum Gasteiger partial charge on any atom is -0.308 e. The monoisotopic (exact) mass is 407 g/mol. The number of nitrogens with zero attached hydrogens (tertiary/aromatic N) is 1. The molecule has 0 fully saturated rings. The van der Waals surface area contributed by atoms with Gasteiger partial charge in [0.2, 0.25) is 5.91 Å². The van der Waals surface area contributed by atoms with E-state index in [2.05, 4.69) is 15.6 Å². The number of aromatic nitrogens is 1. The molecule has 25 heavy (non-hydrogen) atoms. The normalized spacial score (nSPS) is 11.0. The maximum absolute atomic E-state index is 11.9. The summed E-state index contributed by atoms with van der Waals surface area (Å²) in [5.74, 6) is -0.336. The van der Waals surface area contributed by atoms with Crippen molar-refractivity contribution in [3.63, 3.8) is 0 Å². The second-order valence-electron chi connectivity index (χ2n) is 4.96. The summed E-state index contributed by atoms with van der Waals surface area (Å²) in [5, 5.41) is 7.53. The maximum atomic E-state index is 11.9. The third-order valence-corrected chi connectivity index (χ3v) is 4.73. The first kappa shape index (κ1) is 17.8. The van der Waals surface area contributed by atoms with E-state index >= 15 is 0 Å². The molecule has 4 nitrogen and oxygen atoms in total. The molecule has 1 heterocycles. The van der Waals surface area contributed by atoms with Gasteiger partial charge in [0.25, 0.3) is 0 Å². The van der Waals surface area contributed by atoms with Crippen LogP contribution in [-0.4, -0.2) is 16.0 Å². The number of fused-ring (bicyclic) bond motifs is 1. The molecular weight excluding hydrogens is 397 g/mol. The molecule has 1 amide bonds. The van der Waals surface area contributed by atoms with Gasteiger partial charge in [-0.05, 0) is 54.2 Å². The highest BCUT2D eigenvalue weighted by molar-refractivity contribution is 7.80. The molecule has 1 aromatic heterocycles. The summed E-state index contributed by atoms with van der Waals surface area (Å²) in [7, 11) is 0. The first-order valence-corrected chi connectivity index (χ1v) is 9.09. The van der Waals surface area contributed by atoms with Crippen LogP contribution in [0.1, 0.15) is 5.56 Å². The lowest BCUT2D eigenvalue weighted by Crippen LogP contribution is -2.32. The Labute approximate surface area is 163 Å². The number of hydrogen-bond donors (Lipinski definition) is 2. The van der Waals surface area contributed by atoms with E-state index in [0.717, 1.165) is 15.8 Å². The minimum atomic E-state index is -0.336. The number of nitrogens with one attached hydrogen (secondary N) is 2. The largest absolute Gasteiger partial charge is 0.308 e. The lowest BCUT2D eigenvalue weighted by Gasteiger charge is -2.04. The van der Waals surface area contributed by atoms with Crippen molar-refractivity contribution in [2.75, 3.05) is 5.32 Å². The molecule has 3 rings (SSSR count). The summed E-state index contributed by atoms with van der Waals surface area (Å²) in [6.07, 6.45) is 3.07. The van der Waals surface area contributed by atoms with Gasteiger partial charge in [0.1, 0.15) is 0 Å². The number of thiazole rings is 1. The van der Waals surface area contributed by atoms with Crippen LogP contribution < -0.4 is 10.6 Å². The second-order valence-corrected chi connectivity index (χ2v) is 7.27. The van der Waals surface area contributed by atoms with Crippen LogP contribution in [0.2, 0.25) is 10.0 Å². The van der Waals surface area contributed by atoms with Crippen molar-refractivity contribution in [3.05, 3.63) is 64.1 Å². The molecule has 126 valence electrons. The summed E-state index contributed by atoms with van der Waals surface area (Å²) < 4.78 is 0.937. The Morgan fingerprint density at radius 3 is 2.60 bits per heavy atom. The highest BCUT2D eigenvalue weighted by Crippen LogP contribution is 2.28. The van der Waals surface area contributed by atoms with E-state index in [0.29, 0.717) is 15.2 Å². The first-order chi connectivity index (χ1) is 12.0. The van der Waals surface area contributed by atoms with Gasteiger partial charge in [-0.15, -0.1) is 0 Å². The molecule has 0 aliphatic rings. The number of halogens is 2. The molecule has 0 aliphatic carbocycles. The summed E-state index contributed by atoms with van der Waals surface area (Å²) in [5.41, 5.74) is 1.68. The zero-order valence-electron chi connectivity index (χ0n) is 12.6. The fraction of sp³-hybridized carbons (Fsp3) is 0. The van der Waals surface area contributed by atoms with E-state index in [1.807, 2.05) is 24.3 Å². The van der Waals surface area contributed by atoms with Gasteiger partial charge >= 0.3 is 0 Å². The van der Waals surface area contributed by atoms with E-state index in [9.17, 15) is 4.79 Å². The molecule has 0 unspecified atom stereocenters. The highest BCUT2D eigenvalue weighted by atomic mass is 35.5. The van der Waals surface area contributed by atoms with Gasteiger partial charge in [0, 0.05) is 16.1 Å². The predicted octanol–water partition coefficient (Wildman–Crippen LogP) is 5.13. The first-order valence-electron chi connectivity index (χ1n) is 7.11. The van der Waals surface area contributed by atoms with Crippen molar-refractivity contribution in [2.45, 2.75) is 0 Å². The molecule has 2 aromatic carbocycles. The number of benzene rings is 2. The van der Waals surface area contributed by atoms with Crippen LogP contribution in [0.4, 0.5) is 5.13 Å². The Hall–Kier alpha value is -1.99. The van der Waals surface area contributed by atoms with Crippen molar-refractivity contribution in [3.8, 4) is 0 Å². The smallest absolute Gasteiger partial charge is 0.250 e. The number of carbonyl (C=O) groups excluding carboxylic acids is 1. The highest BCUT2D eigenvalue weighted by Gasteiger charge is 2.07. The van der Waals surface area contributed by atoms with Crippen LogP contribution in [0.5, 0.6) is 0 Å². The number of hydrogen-bond acceptors (Lipinski definition) is 4. The Kier molecular flexibility index (Phi) is 5.65. The Morgan fingerprint density at radius 2 is 1.84 bits per heavy atom. The van der Waals surface area contributed by atoms with E-state index < -0.39 is 0 Å². The standard InChI is InChI=1S/C17H11Cl2N3OS2/c18-11-4-1-10(2-5-11)3-8-15(23)21-16(24)22-17-20-13-7-6-12(19)9-14(13)25-17/h1-9H,(H2,20,21,22,23,24). The van der Waals surface area contributed by atoms with Crippen LogP contribution in [0.25, 0.3) is 16.3 Å². The van der Waals surface area contributed by atoms with Crippen LogP contribution in [0.3, 0.4) is 0 Å². The van der Waals surface area contributed by atoms with Gasteiger partial charge in [-0.3, -0.25) is 10.1 Å². The van der Waals surface area contributed by atoms with Crippen LogP contribution in [-0.2, 0) is 4.79 Å². The van der Waals surface area contributed by atoms with Crippen molar-refractivity contribution in [1.29, 1.82) is 0 Å². The molecule has 0 saturated heterocycles. The van der Waals surface area contributed by atoms with Crippen LogP contribution in [0, 0.1) is 0 Å². The molecular formula is C17H11Cl2N3OS2. The molecule has 2 N–H and O–H groups in total. The van der Waals surface area contributed by atoms with Crippen LogP contribution >= 0.6 is 46.8 Å². The molecule has 0 aliphatic heterocycles. The van der Waals surface area contributed by atoms with E-state index in [-0.39, 0.29) is 11.0 Å². The lowest BCUT2D eigenvalue weighted by atomic mass is 10.2. The molecule has 8 heteroatoms. The van der Waals surface area contributed by atoms with Gasteiger partial charge in [-0.1, -0.05) is 46.7 Å². The average Bonchev–Trinajstić information content (AvgIpc) is 2.95. The Bertz CT molecular complexity index is 968. The number of amides is 1. The molecule has 0 radical (unpaired) electrons. The van der Waals surface area contributed by atoms with Crippen molar-refractivity contribution in [1.82, 2.24) is 10.3 Å². The summed E-state index contributed by atoms with van der Waals surface area (Å²) >= 11 is 18.3. The number of carbonyl (C=O) groups is 1. The molecule has 0 atom stereocenters.